The first kappa shape index (κ1) is 20.4. The molecular formula is C13H26N2O4S2. The van der Waals surface area contributed by atoms with Gasteiger partial charge in [0.05, 0.1) is 22.8 Å². The molecule has 124 valence electrons. The van der Waals surface area contributed by atoms with Gasteiger partial charge in [-0.1, -0.05) is 26.7 Å². The highest BCUT2D eigenvalue weighted by Crippen LogP contribution is 2.16. The number of imide groups is 1. The Hall–Kier alpha value is -0.600. The molecule has 0 saturated heterocycles. The molecule has 0 heterocycles. The van der Waals surface area contributed by atoms with Gasteiger partial charge in [0.15, 0.2) is 9.84 Å². The second-order valence-electron chi connectivity index (χ2n) is 4.98. The van der Waals surface area contributed by atoms with Gasteiger partial charge in [0.2, 0.25) is 11.8 Å². The van der Waals surface area contributed by atoms with Crippen LogP contribution in [-0.4, -0.2) is 49.3 Å². The van der Waals surface area contributed by atoms with Crippen LogP contribution in [-0.2, 0) is 19.4 Å². The summed E-state index contributed by atoms with van der Waals surface area (Å²) in [6.45, 7) is 3.85. The predicted molar refractivity (Wildman–Crippen MR) is 86.9 cm³/mol. The lowest BCUT2D eigenvalue weighted by Gasteiger charge is -2.18. The van der Waals surface area contributed by atoms with E-state index in [0.29, 0.717) is 12.8 Å². The molecule has 3 N–H and O–H groups in total. The molecule has 0 rings (SSSR count). The number of hydrogen-bond donors (Lipinski definition) is 2. The van der Waals surface area contributed by atoms with Gasteiger partial charge in [-0.3, -0.25) is 14.9 Å². The molecule has 0 radical (unpaired) electrons. The Morgan fingerprint density at radius 1 is 1.19 bits per heavy atom. The van der Waals surface area contributed by atoms with Crippen LogP contribution in [0, 0.1) is 0 Å². The topological polar surface area (TPSA) is 106 Å². The van der Waals surface area contributed by atoms with E-state index in [1.807, 2.05) is 13.8 Å². The molecule has 1 atom stereocenters. The van der Waals surface area contributed by atoms with Gasteiger partial charge in [-0.2, -0.15) is 11.8 Å². The summed E-state index contributed by atoms with van der Waals surface area (Å²) in [6.07, 6.45) is 4.38. The summed E-state index contributed by atoms with van der Waals surface area (Å²) in [6, 6.07) is -1.21. The van der Waals surface area contributed by atoms with Gasteiger partial charge in [-0.05, 0) is 19.1 Å². The van der Waals surface area contributed by atoms with Crippen molar-refractivity contribution in [1.82, 2.24) is 5.32 Å². The summed E-state index contributed by atoms with van der Waals surface area (Å²) in [4.78, 5) is 23.0. The molecular weight excluding hydrogens is 312 g/mol. The average Bonchev–Trinajstić information content (AvgIpc) is 2.38. The van der Waals surface area contributed by atoms with Crippen molar-refractivity contribution in [3.63, 3.8) is 0 Å². The van der Waals surface area contributed by atoms with Gasteiger partial charge >= 0.3 is 0 Å². The number of nitrogens with two attached hydrogens (primary N) is 1. The molecule has 6 nitrogen and oxygen atoms in total. The van der Waals surface area contributed by atoms with E-state index in [4.69, 9.17) is 5.73 Å². The molecule has 8 heteroatoms. The van der Waals surface area contributed by atoms with Crippen LogP contribution in [0.1, 0.15) is 39.5 Å². The molecule has 0 aromatic rings. The van der Waals surface area contributed by atoms with Crippen LogP contribution in [0.4, 0.5) is 0 Å². The average molecular weight is 338 g/mol. The van der Waals surface area contributed by atoms with Crippen molar-refractivity contribution >= 4 is 33.4 Å². The third-order valence-corrected chi connectivity index (χ3v) is 5.88. The van der Waals surface area contributed by atoms with Crippen molar-refractivity contribution in [3.8, 4) is 0 Å². The quantitative estimate of drug-likeness (QED) is 0.607. The Bertz CT molecular complexity index is 431. The number of carbonyl (C=O) groups is 2. The summed E-state index contributed by atoms with van der Waals surface area (Å²) < 4.78 is 24.6. The number of amides is 2. The zero-order chi connectivity index (χ0) is 16.5. The SMILES string of the molecule is CCCC(CCC)S(=O)(=O)C[C@H](N)C(=O)NC(=O)CSC. The number of thioether (sulfide) groups is 1. The first-order chi connectivity index (χ1) is 9.78. The maximum atomic E-state index is 12.3. The molecule has 0 unspecified atom stereocenters. The lowest BCUT2D eigenvalue weighted by atomic mass is 10.2. The Kier molecular flexibility index (Phi) is 9.89. The fourth-order valence-corrected chi connectivity index (χ4v) is 4.45. The van der Waals surface area contributed by atoms with Gasteiger partial charge < -0.3 is 5.73 Å². The smallest absolute Gasteiger partial charge is 0.244 e. The summed E-state index contributed by atoms with van der Waals surface area (Å²) >= 11 is 1.27. The van der Waals surface area contributed by atoms with Gasteiger partial charge in [-0.25, -0.2) is 8.42 Å². The molecule has 0 fully saturated rings. The molecule has 2 amide bonds. The lowest BCUT2D eigenvalue weighted by Crippen LogP contribution is -2.48. The predicted octanol–water partition coefficient (Wildman–Crippen LogP) is 0.703. The first-order valence-corrected chi connectivity index (χ1v) is 10.2. The van der Waals surface area contributed by atoms with Gasteiger partial charge in [0.1, 0.15) is 0 Å². The molecule has 0 aromatic heterocycles. The van der Waals surface area contributed by atoms with Gasteiger partial charge in [0, 0.05) is 0 Å². The minimum atomic E-state index is -3.44. The Morgan fingerprint density at radius 3 is 2.14 bits per heavy atom. The minimum absolute atomic E-state index is 0.138. The highest BCUT2D eigenvalue weighted by atomic mass is 32.2. The molecule has 0 spiro atoms. The highest BCUT2D eigenvalue weighted by Gasteiger charge is 2.29. The van der Waals surface area contributed by atoms with Gasteiger partial charge in [0.25, 0.3) is 0 Å². The van der Waals surface area contributed by atoms with Crippen LogP contribution in [0.25, 0.3) is 0 Å². The summed E-state index contributed by atoms with van der Waals surface area (Å²) in [5.41, 5.74) is 5.63. The molecule has 0 saturated carbocycles. The lowest BCUT2D eigenvalue weighted by molar-refractivity contribution is -0.129. The fourth-order valence-electron chi connectivity index (χ4n) is 2.01. The molecule has 21 heavy (non-hydrogen) atoms. The van der Waals surface area contributed by atoms with Crippen LogP contribution in [0.5, 0.6) is 0 Å². The second-order valence-corrected chi connectivity index (χ2v) is 8.17. The van der Waals surface area contributed by atoms with E-state index < -0.39 is 38.7 Å². The number of rotatable bonds is 10. The zero-order valence-corrected chi connectivity index (χ0v) is 14.6. The maximum Gasteiger partial charge on any atom is 0.244 e. The van der Waals surface area contributed by atoms with Crippen LogP contribution in [0.2, 0.25) is 0 Å². The number of hydrogen-bond acceptors (Lipinski definition) is 6. The third kappa shape index (κ3) is 7.82. The minimum Gasteiger partial charge on any atom is -0.319 e. The van der Waals surface area contributed by atoms with Crippen molar-refractivity contribution in [3.05, 3.63) is 0 Å². The third-order valence-electron chi connectivity index (χ3n) is 3.02. The summed E-state index contributed by atoms with van der Waals surface area (Å²) in [5.74, 6) is -1.47. The largest absolute Gasteiger partial charge is 0.319 e. The fraction of sp³-hybridized carbons (Fsp3) is 0.846. The van der Waals surface area contributed by atoms with E-state index in [9.17, 15) is 18.0 Å². The van der Waals surface area contributed by atoms with E-state index in [-0.39, 0.29) is 5.75 Å². The standard InChI is InChI=1S/C13H26N2O4S2/c1-4-6-10(7-5-2)21(18,19)9-11(14)13(17)15-12(16)8-20-3/h10-11H,4-9,14H2,1-3H3,(H,15,16,17)/t11-/m0/s1. The highest BCUT2D eigenvalue weighted by molar-refractivity contribution is 7.99. The normalized spacial score (nSPS) is 13.2. The molecule has 0 aliphatic carbocycles. The van der Waals surface area contributed by atoms with E-state index in [1.54, 1.807) is 6.26 Å². The van der Waals surface area contributed by atoms with Crippen molar-refractivity contribution < 1.29 is 18.0 Å². The summed E-state index contributed by atoms with van der Waals surface area (Å²) in [5, 5.41) is 1.65. The van der Waals surface area contributed by atoms with Crippen molar-refractivity contribution in [2.45, 2.75) is 50.8 Å². The van der Waals surface area contributed by atoms with E-state index in [0.717, 1.165) is 12.8 Å². The van der Waals surface area contributed by atoms with Crippen molar-refractivity contribution in [2.75, 3.05) is 17.8 Å². The molecule has 0 bridgehead atoms. The number of sulfone groups is 1. The first-order valence-electron chi connectivity index (χ1n) is 7.08. The van der Waals surface area contributed by atoms with Crippen molar-refractivity contribution in [1.29, 1.82) is 0 Å². The van der Waals surface area contributed by atoms with E-state index in [2.05, 4.69) is 5.32 Å². The maximum absolute atomic E-state index is 12.3. The second kappa shape index (κ2) is 10.2. The van der Waals surface area contributed by atoms with Crippen LogP contribution >= 0.6 is 11.8 Å². The van der Waals surface area contributed by atoms with Crippen LogP contribution < -0.4 is 11.1 Å². The number of carbonyl (C=O) groups excluding carboxylic acids is 2. The molecule has 0 aliphatic rings. The van der Waals surface area contributed by atoms with E-state index >= 15 is 0 Å². The molecule has 0 aliphatic heterocycles. The van der Waals surface area contributed by atoms with Crippen molar-refractivity contribution in [2.24, 2.45) is 5.73 Å². The van der Waals surface area contributed by atoms with Crippen LogP contribution in [0.15, 0.2) is 0 Å². The zero-order valence-electron chi connectivity index (χ0n) is 12.9. The Morgan fingerprint density at radius 2 is 1.71 bits per heavy atom. The van der Waals surface area contributed by atoms with Crippen LogP contribution in [0.3, 0.4) is 0 Å². The van der Waals surface area contributed by atoms with E-state index in [1.165, 1.54) is 11.8 Å². The molecule has 0 aromatic carbocycles. The summed E-state index contributed by atoms with van der Waals surface area (Å²) in [7, 11) is -3.44. The Labute approximate surface area is 131 Å². The van der Waals surface area contributed by atoms with Gasteiger partial charge in [-0.15, -0.1) is 0 Å². The monoisotopic (exact) mass is 338 g/mol. The Balaban J connectivity index is 4.68. The number of nitrogens with one attached hydrogen (secondary N) is 1.